The molecule has 1 fully saturated rings. The molecular weight excluding hydrogens is 212 g/mol. The molecule has 0 radical (unpaired) electrons. The van der Waals surface area contributed by atoms with Gasteiger partial charge in [-0.1, -0.05) is 25.0 Å². The van der Waals surface area contributed by atoms with E-state index in [1.165, 1.54) is 19.3 Å². The van der Waals surface area contributed by atoms with Gasteiger partial charge in [-0.05, 0) is 30.9 Å². The number of nitrogens with zero attached hydrogens (tertiary/aromatic N) is 2. The summed E-state index contributed by atoms with van der Waals surface area (Å²) >= 11 is 0. The fourth-order valence-corrected chi connectivity index (χ4v) is 2.31. The molecular formula is C14H18N2O. The Labute approximate surface area is 101 Å². The lowest BCUT2D eigenvalue weighted by molar-refractivity contribution is 0.141. The first-order valence-electron chi connectivity index (χ1n) is 6.41. The number of imidazole rings is 1. The van der Waals surface area contributed by atoms with Crippen LogP contribution in [0.3, 0.4) is 0 Å². The van der Waals surface area contributed by atoms with E-state index < -0.39 is 0 Å². The lowest BCUT2D eigenvalue weighted by atomic mass is 10.1. The van der Waals surface area contributed by atoms with Crippen LogP contribution in [-0.2, 0) is 6.54 Å². The molecule has 1 atom stereocenters. The summed E-state index contributed by atoms with van der Waals surface area (Å²) < 4.78 is 2.05. The zero-order valence-corrected chi connectivity index (χ0v) is 9.92. The molecule has 0 aliphatic heterocycles. The number of aliphatic hydroxyl groups excluding tert-OH is 1. The van der Waals surface area contributed by atoms with Gasteiger partial charge in [0, 0.05) is 0 Å². The zero-order valence-electron chi connectivity index (χ0n) is 9.92. The standard InChI is InChI=1S/C14H18N2O/c17-12(8-7-11-5-6-11)9-16-10-15-13-3-1-2-4-14(13)16/h1-4,10-12,17H,5-9H2. The van der Waals surface area contributed by atoms with Gasteiger partial charge in [-0.15, -0.1) is 0 Å². The van der Waals surface area contributed by atoms with Crippen LogP contribution in [0.4, 0.5) is 0 Å². The minimum Gasteiger partial charge on any atom is -0.391 e. The van der Waals surface area contributed by atoms with Crippen molar-refractivity contribution in [3.8, 4) is 0 Å². The van der Waals surface area contributed by atoms with Crippen molar-refractivity contribution in [2.24, 2.45) is 5.92 Å². The number of benzene rings is 1. The molecule has 1 heterocycles. The summed E-state index contributed by atoms with van der Waals surface area (Å²) in [5, 5.41) is 10.0. The molecule has 17 heavy (non-hydrogen) atoms. The van der Waals surface area contributed by atoms with Crippen LogP contribution in [0.1, 0.15) is 25.7 Å². The first kappa shape index (κ1) is 10.8. The second-order valence-corrected chi connectivity index (χ2v) is 5.06. The summed E-state index contributed by atoms with van der Waals surface area (Å²) in [5.41, 5.74) is 2.11. The summed E-state index contributed by atoms with van der Waals surface area (Å²) in [5.74, 6) is 0.893. The Hall–Kier alpha value is -1.35. The highest BCUT2D eigenvalue weighted by Crippen LogP contribution is 2.34. The topological polar surface area (TPSA) is 38.0 Å². The SMILES string of the molecule is OC(CCC1CC1)Cn1cnc2ccccc21. The highest BCUT2D eigenvalue weighted by Gasteiger charge is 2.22. The van der Waals surface area contributed by atoms with Crippen molar-refractivity contribution in [3.05, 3.63) is 30.6 Å². The van der Waals surface area contributed by atoms with Crippen molar-refractivity contribution in [2.75, 3.05) is 0 Å². The predicted octanol–water partition coefficient (Wildman–Crippen LogP) is 2.59. The minimum atomic E-state index is -0.242. The molecule has 1 aromatic heterocycles. The maximum Gasteiger partial charge on any atom is 0.0959 e. The molecule has 90 valence electrons. The van der Waals surface area contributed by atoms with Gasteiger partial charge in [0.25, 0.3) is 0 Å². The molecule has 1 aliphatic rings. The van der Waals surface area contributed by atoms with Gasteiger partial charge in [-0.2, -0.15) is 0 Å². The average molecular weight is 230 g/mol. The predicted molar refractivity (Wildman–Crippen MR) is 67.7 cm³/mol. The van der Waals surface area contributed by atoms with Gasteiger partial charge < -0.3 is 9.67 Å². The quantitative estimate of drug-likeness (QED) is 0.857. The van der Waals surface area contributed by atoms with Crippen molar-refractivity contribution in [3.63, 3.8) is 0 Å². The van der Waals surface area contributed by atoms with E-state index in [4.69, 9.17) is 0 Å². The monoisotopic (exact) mass is 230 g/mol. The van der Waals surface area contributed by atoms with Crippen molar-refractivity contribution in [1.82, 2.24) is 9.55 Å². The van der Waals surface area contributed by atoms with Gasteiger partial charge in [-0.3, -0.25) is 0 Å². The van der Waals surface area contributed by atoms with E-state index >= 15 is 0 Å². The molecule has 1 saturated carbocycles. The summed E-state index contributed by atoms with van der Waals surface area (Å²) in [4.78, 5) is 4.33. The largest absolute Gasteiger partial charge is 0.391 e. The van der Waals surface area contributed by atoms with Crippen molar-refractivity contribution in [1.29, 1.82) is 0 Å². The van der Waals surface area contributed by atoms with Gasteiger partial charge in [0.2, 0.25) is 0 Å². The Morgan fingerprint density at radius 3 is 3.00 bits per heavy atom. The van der Waals surface area contributed by atoms with Gasteiger partial charge in [0.15, 0.2) is 0 Å². The molecule has 0 amide bonds. The van der Waals surface area contributed by atoms with Gasteiger partial charge in [-0.25, -0.2) is 4.98 Å². The van der Waals surface area contributed by atoms with Crippen LogP contribution >= 0.6 is 0 Å². The third kappa shape index (κ3) is 2.50. The number of para-hydroxylation sites is 2. The zero-order chi connectivity index (χ0) is 11.7. The number of aliphatic hydroxyl groups is 1. The Morgan fingerprint density at radius 1 is 1.35 bits per heavy atom. The van der Waals surface area contributed by atoms with Gasteiger partial charge >= 0.3 is 0 Å². The molecule has 1 aliphatic carbocycles. The fraction of sp³-hybridized carbons (Fsp3) is 0.500. The molecule has 1 N–H and O–H groups in total. The Morgan fingerprint density at radius 2 is 2.18 bits per heavy atom. The van der Waals surface area contributed by atoms with Crippen LogP contribution in [0.25, 0.3) is 11.0 Å². The number of fused-ring (bicyclic) bond motifs is 1. The second-order valence-electron chi connectivity index (χ2n) is 5.06. The average Bonchev–Trinajstić information content (AvgIpc) is 3.10. The lowest BCUT2D eigenvalue weighted by Gasteiger charge is -2.11. The molecule has 1 aromatic carbocycles. The molecule has 0 bridgehead atoms. The third-order valence-corrected chi connectivity index (χ3v) is 3.54. The smallest absolute Gasteiger partial charge is 0.0959 e. The van der Waals surface area contributed by atoms with Gasteiger partial charge in [0.05, 0.1) is 30.0 Å². The van der Waals surface area contributed by atoms with E-state index in [9.17, 15) is 5.11 Å². The van der Waals surface area contributed by atoms with Crippen molar-refractivity contribution >= 4 is 11.0 Å². The van der Waals surface area contributed by atoms with Gasteiger partial charge in [0.1, 0.15) is 0 Å². The maximum absolute atomic E-state index is 10.0. The highest BCUT2D eigenvalue weighted by atomic mass is 16.3. The molecule has 2 aromatic rings. The number of aromatic nitrogens is 2. The van der Waals surface area contributed by atoms with E-state index in [-0.39, 0.29) is 6.10 Å². The highest BCUT2D eigenvalue weighted by molar-refractivity contribution is 5.74. The van der Waals surface area contributed by atoms with Crippen molar-refractivity contribution < 1.29 is 5.11 Å². The van der Waals surface area contributed by atoms with Crippen LogP contribution in [0.5, 0.6) is 0 Å². The van der Waals surface area contributed by atoms with Crippen LogP contribution in [-0.4, -0.2) is 20.8 Å². The maximum atomic E-state index is 10.0. The summed E-state index contributed by atoms with van der Waals surface area (Å²) in [6.45, 7) is 0.660. The normalized spacial score (nSPS) is 17.5. The second kappa shape index (κ2) is 4.49. The van der Waals surface area contributed by atoms with Crippen LogP contribution in [0, 0.1) is 5.92 Å². The molecule has 3 rings (SSSR count). The first-order chi connectivity index (χ1) is 8.33. The van der Waals surface area contributed by atoms with Crippen molar-refractivity contribution in [2.45, 2.75) is 38.3 Å². The number of hydrogen-bond donors (Lipinski definition) is 1. The van der Waals surface area contributed by atoms with Crippen LogP contribution < -0.4 is 0 Å². The molecule has 3 heteroatoms. The number of rotatable bonds is 5. The Balaban J connectivity index is 1.66. The van der Waals surface area contributed by atoms with E-state index in [2.05, 4.69) is 11.1 Å². The molecule has 0 saturated heterocycles. The number of hydrogen-bond acceptors (Lipinski definition) is 2. The Bertz CT molecular complexity index is 502. The van der Waals surface area contributed by atoms with Crippen LogP contribution in [0.15, 0.2) is 30.6 Å². The van der Waals surface area contributed by atoms with E-state index in [1.54, 1.807) is 0 Å². The van der Waals surface area contributed by atoms with E-state index in [0.29, 0.717) is 6.54 Å². The first-order valence-corrected chi connectivity index (χ1v) is 6.41. The molecule has 1 unspecified atom stereocenters. The minimum absolute atomic E-state index is 0.242. The van der Waals surface area contributed by atoms with E-state index in [1.807, 2.05) is 29.1 Å². The lowest BCUT2D eigenvalue weighted by Crippen LogP contribution is -2.15. The molecule has 3 nitrogen and oxygen atoms in total. The summed E-state index contributed by atoms with van der Waals surface area (Å²) in [7, 11) is 0. The van der Waals surface area contributed by atoms with Crippen LogP contribution in [0.2, 0.25) is 0 Å². The fourth-order valence-electron chi connectivity index (χ4n) is 2.31. The Kier molecular flexibility index (Phi) is 2.85. The van der Waals surface area contributed by atoms with E-state index in [0.717, 1.165) is 23.4 Å². The third-order valence-electron chi connectivity index (χ3n) is 3.54. The summed E-state index contributed by atoms with van der Waals surface area (Å²) in [6.07, 6.45) is 6.39. The molecule has 0 spiro atoms. The summed E-state index contributed by atoms with van der Waals surface area (Å²) in [6, 6.07) is 8.05.